The van der Waals surface area contributed by atoms with E-state index in [1.165, 1.54) is 25.3 Å². The van der Waals surface area contributed by atoms with Gasteiger partial charge < -0.3 is 18.9 Å². The summed E-state index contributed by atoms with van der Waals surface area (Å²) < 4.78 is 35.1. The van der Waals surface area contributed by atoms with Crippen LogP contribution in [0.4, 0.5) is 9.52 Å². The predicted octanol–water partition coefficient (Wildman–Crippen LogP) is 4.89. The van der Waals surface area contributed by atoms with Gasteiger partial charge in [0.2, 0.25) is 11.8 Å². The molecule has 3 aromatic rings. The molecule has 2 heterocycles. The molecule has 0 fully saturated rings. The Balaban J connectivity index is 1.82. The van der Waals surface area contributed by atoms with Crippen molar-refractivity contribution in [1.29, 1.82) is 0 Å². The first-order chi connectivity index (χ1) is 16.7. The summed E-state index contributed by atoms with van der Waals surface area (Å²) in [5.74, 6) is -1.33. The minimum absolute atomic E-state index is 0.000966. The molecule has 1 aromatic carbocycles. The van der Waals surface area contributed by atoms with Crippen molar-refractivity contribution in [2.24, 2.45) is 0 Å². The first-order valence-electron chi connectivity index (χ1n) is 10.5. The smallest absolute Gasteiger partial charge is 0.311 e. The molecule has 2 aromatic heterocycles. The second-order valence-electron chi connectivity index (χ2n) is 7.20. The zero-order valence-electron chi connectivity index (χ0n) is 19.2. The molecule has 3 rings (SSSR count). The van der Waals surface area contributed by atoms with Crippen LogP contribution in [0.5, 0.6) is 17.5 Å². The number of aromatic nitrogens is 2. The minimum atomic E-state index is -0.589. The van der Waals surface area contributed by atoms with E-state index in [4.69, 9.17) is 30.5 Å². The quantitative estimate of drug-likeness (QED) is 0.354. The largest absolute Gasteiger partial charge is 0.472 e. The van der Waals surface area contributed by atoms with Crippen molar-refractivity contribution in [3.8, 4) is 17.5 Å². The number of hydrogen-bond acceptors (Lipinski definition) is 9. The first kappa shape index (κ1) is 26.3. The number of amides is 1. The number of benzene rings is 1. The number of nitrogens with zero attached hydrogens (tertiary/aromatic N) is 2. The molecule has 0 aliphatic carbocycles. The lowest BCUT2D eigenvalue weighted by atomic mass is 10.2. The van der Waals surface area contributed by atoms with Crippen LogP contribution in [-0.4, -0.2) is 48.3 Å². The summed E-state index contributed by atoms with van der Waals surface area (Å²) in [6.45, 7) is 4.05. The van der Waals surface area contributed by atoms with Crippen LogP contribution in [-0.2, 0) is 20.7 Å². The minimum Gasteiger partial charge on any atom is -0.472 e. The maximum atomic E-state index is 13.7. The maximum absolute atomic E-state index is 13.7. The SMILES string of the molecule is CCOC(=O)Cc1csc(NC(=O)c2cc(Oc3cc(F)cc(Cl)c3)nc(O[C@H](C)COC)c2)n1. The van der Waals surface area contributed by atoms with Gasteiger partial charge in [-0.25, -0.2) is 9.37 Å². The number of rotatable bonds is 11. The molecular weight excluding hydrogens is 501 g/mol. The Morgan fingerprint density at radius 2 is 1.94 bits per heavy atom. The fourth-order valence-electron chi connectivity index (χ4n) is 2.88. The number of nitrogens with one attached hydrogen (secondary N) is 1. The van der Waals surface area contributed by atoms with E-state index < -0.39 is 17.7 Å². The summed E-state index contributed by atoms with van der Waals surface area (Å²) in [5.41, 5.74) is 0.627. The summed E-state index contributed by atoms with van der Waals surface area (Å²) in [6, 6.07) is 6.48. The third-order valence-corrected chi connectivity index (χ3v) is 5.25. The van der Waals surface area contributed by atoms with Crippen molar-refractivity contribution in [3.05, 3.63) is 57.8 Å². The predicted molar refractivity (Wildman–Crippen MR) is 128 cm³/mol. The number of pyridine rings is 1. The Labute approximate surface area is 210 Å². The molecule has 186 valence electrons. The van der Waals surface area contributed by atoms with Gasteiger partial charge in [-0.1, -0.05) is 11.6 Å². The molecule has 1 N–H and O–H groups in total. The van der Waals surface area contributed by atoms with Gasteiger partial charge in [0.25, 0.3) is 5.91 Å². The lowest BCUT2D eigenvalue weighted by molar-refractivity contribution is -0.142. The molecular formula is C23H23ClFN3O6S. The van der Waals surface area contributed by atoms with Crippen LogP contribution in [0.25, 0.3) is 0 Å². The van der Waals surface area contributed by atoms with Gasteiger partial charge in [-0.05, 0) is 26.0 Å². The highest BCUT2D eigenvalue weighted by Crippen LogP contribution is 2.28. The molecule has 0 saturated heterocycles. The summed E-state index contributed by atoms with van der Waals surface area (Å²) in [4.78, 5) is 33.1. The molecule has 9 nitrogen and oxygen atoms in total. The highest BCUT2D eigenvalue weighted by Gasteiger charge is 2.17. The Morgan fingerprint density at radius 3 is 2.66 bits per heavy atom. The van der Waals surface area contributed by atoms with Crippen molar-refractivity contribution >= 4 is 39.9 Å². The van der Waals surface area contributed by atoms with E-state index in [9.17, 15) is 14.0 Å². The van der Waals surface area contributed by atoms with Gasteiger partial charge in [0.05, 0.1) is 30.9 Å². The van der Waals surface area contributed by atoms with Crippen LogP contribution in [0.3, 0.4) is 0 Å². The monoisotopic (exact) mass is 523 g/mol. The number of ether oxygens (including phenoxy) is 4. The van der Waals surface area contributed by atoms with Crippen LogP contribution in [0.1, 0.15) is 29.9 Å². The number of methoxy groups -OCH3 is 1. The number of hydrogen-bond donors (Lipinski definition) is 1. The fraction of sp³-hybridized carbons (Fsp3) is 0.304. The lowest BCUT2D eigenvalue weighted by Gasteiger charge is -2.15. The number of carbonyl (C=O) groups is 2. The van der Waals surface area contributed by atoms with Crippen molar-refractivity contribution in [2.75, 3.05) is 25.6 Å². The molecule has 0 spiro atoms. The van der Waals surface area contributed by atoms with Crippen molar-refractivity contribution < 1.29 is 32.9 Å². The van der Waals surface area contributed by atoms with E-state index >= 15 is 0 Å². The fourth-order valence-corrected chi connectivity index (χ4v) is 3.80. The van der Waals surface area contributed by atoms with E-state index in [0.29, 0.717) is 10.8 Å². The van der Waals surface area contributed by atoms with Crippen molar-refractivity contribution in [1.82, 2.24) is 9.97 Å². The third kappa shape index (κ3) is 8.16. The van der Waals surface area contributed by atoms with E-state index in [1.54, 1.807) is 19.2 Å². The average molecular weight is 524 g/mol. The molecule has 0 bridgehead atoms. The van der Waals surface area contributed by atoms with Gasteiger partial charge in [0.1, 0.15) is 17.7 Å². The molecule has 0 saturated carbocycles. The summed E-state index contributed by atoms with van der Waals surface area (Å²) in [6.07, 6.45) is -0.370. The summed E-state index contributed by atoms with van der Waals surface area (Å²) in [7, 11) is 1.53. The normalized spacial score (nSPS) is 11.6. The highest BCUT2D eigenvalue weighted by molar-refractivity contribution is 7.14. The second kappa shape index (κ2) is 12.4. The van der Waals surface area contributed by atoms with Gasteiger partial charge in [-0.3, -0.25) is 14.9 Å². The van der Waals surface area contributed by atoms with Gasteiger partial charge >= 0.3 is 5.97 Å². The molecule has 0 unspecified atom stereocenters. The van der Waals surface area contributed by atoms with Gasteiger partial charge in [0.15, 0.2) is 5.13 Å². The number of halogens is 2. The van der Waals surface area contributed by atoms with Crippen LogP contribution in [0.15, 0.2) is 35.7 Å². The average Bonchev–Trinajstić information content (AvgIpc) is 3.19. The number of thiazole rings is 1. The van der Waals surface area contributed by atoms with Crippen LogP contribution >= 0.6 is 22.9 Å². The standard InChI is InChI=1S/C23H23ClFN3O6S/c1-4-32-21(29)10-17-12-35-23(26-17)28-22(30)14-5-19(33-13(2)11-31-3)27-20(6-14)34-18-8-15(24)7-16(25)9-18/h5-9,12-13H,4,10-11H2,1-3H3,(H,26,28,30)/t13-/m1/s1. The van der Waals surface area contributed by atoms with Gasteiger partial charge in [-0.2, -0.15) is 4.98 Å². The molecule has 12 heteroatoms. The Bertz CT molecular complexity index is 1170. The topological polar surface area (TPSA) is 109 Å². The maximum Gasteiger partial charge on any atom is 0.311 e. The van der Waals surface area contributed by atoms with E-state index in [1.807, 2.05) is 0 Å². The number of carbonyl (C=O) groups excluding carboxylic acids is 2. The van der Waals surface area contributed by atoms with Crippen molar-refractivity contribution in [2.45, 2.75) is 26.4 Å². The molecule has 0 aliphatic rings. The summed E-state index contributed by atoms with van der Waals surface area (Å²) >= 11 is 7.06. The Morgan fingerprint density at radius 1 is 1.17 bits per heavy atom. The lowest BCUT2D eigenvalue weighted by Crippen LogP contribution is -2.19. The Kier molecular flexibility index (Phi) is 9.35. The van der Waals surface area contributed by atoms with Crippen molar-refractivity contribution in [3.63, 3.8) is 0 Å². The molecule has 0 radical (unpaired) electrons. The summed E-state index contributed by atoms with van der Waals surface area (Å²) in [5, 5.41) is 4.76. The number of anilines is 1. The van der Waals surface area contributed by atoms with Gasteiger partial charge in [-0.15, -0.1) is 11.3 Å². The molecule has 35 heavy (non-hydrogen) atoms. The van der Waals surface area contributed by atoms with Crippen LogP contribution in [0, 0.1) is 5.82 Å². The number of esters is 1. The third-order valence-electron chi connectivity index (χ3n) is 4.23. The van der Waals surface area contributed by atoms with E-state index in [-0.39, 0.29) is 53.8 Å². The zero-order chi connectivity index (χ0) is 25.4. The zero-order valence-corrected chi connectivity index (χ0v) is 20.7. The highest BCUT2D eigenvalue weighted by atomic mass is 35.5. The molecule has 1 atom stereocenters. The van der Waals surface area contributed by atoms with Crippen LogP contribution in [0.2, 0.25) is 5.02 Å². The molecule has 0 aliphatic heterocycles. The van der Waals surface area contributed by atoms with Crippen LogP contribution < -0.4 is 14.8 Å². The van der Waals surface area contributed by atoms with E-state index in [0.717, 1.165) is 23.5 Å². The molecule has 1 amide bonds. The van der Waals surface area contributed by atoms with E-state index in [2.05, 4.69) is 15.3 Å². The first-order valence-corrected chi connectivity index (χ1v) is 11.7. The second-order valence-corrected chi connectivity index (χ2v) is 8.50. The van der Waals surface area contributed by atoms with Gasteiger partial charge in [0, 0.05) is 35.7 Å². The Hall–Kier alpha value is -3.28.